The molecule has 4 nitrogen and oxygen atoms in total. The Balaban J connectivity index is 1.94. The first kappa shape index (κ1) is 16.3. The van der Waals surface area contributed by atoms with Crippen molar-refractivity contribution in [2.75, 3.05) is 6.54 Å². The standard InChI is InChI=1S/C17H17BrN2O2/c18-15-5-1-4-14(12-15)7-8-17(21)20(10-3-9-19)13-16-6-2-11-22-16/h1-2,4-6,11-12H,3,7-8,10,13H2. The third kappa shape index (κ3) is 5.05. The third-order valence-corrected chi connectivity index (χ3v) is 3.78. The molecule has 0 bridgehead atoms. The van der Waals surface area contributed by atoms with Crippen molar-refractivity contribution in [1.29, 1.82) is 5.26 Å². The molecule has 1 aromatic heterocycles. The molecule has 2 rings (SSSR count). The molecule has 0 unspecified atom stereocenters. The number of hydrogen-bond acceptors (Lipinski definition) is 3. The second-order valence-corrected chi connectivity index (χ2v) is 5.85. The van der Waals surface area contributed by atoms with Crippen molar-refractivity contribution in [2.45, 2.75) is 25.8 Å². The van der Waals surface area contributed by atoms with Gasteiger partial charge in [-0.2, -0.15) is 5.26 Å². The van der Waals surface area contributed by atoms with Crippen LogP contribution in [0.4, 0.5) is 0 Å². The second-order valence-electron chi connectivity index (χ2n) is 4.93. The second kappa shape index (κ2) is 8.40. The topological polar surface area (TPSA) is 57.2 Å². The molecule has 0 aliphatic heterocycles. The molecule has 0 saturated heterocycles. The molecule has 1 heterocycles. The Hall–Kier alpha value is -2.06. The van der Waals surface area contributed by atoms with Crippen LogP contribution in [0.15, 0.2) is 51.6 Å². The van der Waals surface area contributed by atoms with Gasteiger partial charge in [-0.05, 0) is 36.2 Å². The minimum atomic E-state index is 0.0339. The lowest BCUT2D eigenvalue weighted by Gasteiger charge is -2.20. The normalized spacial score (nSPS) is 10.2. The fourth-order valence-electron chi connectivity index (χ4n) is 2.17. The molecule has 0 spiro atoms. The maximum absolute atomic E-state index is 12.4. The van der Waals surface area contributed by atoms with Crippen LogP contribution < -0.4 is 0 Å². The molecule has 114 valence electrons. The van der Waals surface area contributed by atoms with E-state index in [4.69, 9.17) is 9.68 Å². The van der Waals surface area contributed by atoms with E-state index in [2.05, 4.69) is 22.0 Å². The number of nitrogens with zero attached hydrogens (tertiary/aromatic N) is 2. The fourth-order valence-corrected chi connectivity index (χ4v) is 2.62. The van der Waals surface area contributed by atoms with Gasteiger partial charge in [-0.1, -0.05) is 28.1 Å². The highest BCUT2D eigenvalue weighted by Crippen LogP contribution is 2.14. The van der Waals surface area contributed by atoms with E-state index in [1.54, 1.807) is 17.2 Å². The number of benzene rings is 1. The zero-order valence-corrected chi connectivity index (χ0v) is 13.8. The van der Waals surface area contributed by atoms with Crippen LogP contribution >= 0.6 is 15.9 Å². The molecule has 0 atom stereocenters. The van der Waals surface area contributed by atoms with Crippen molar-refractivity contribution in [2.24, 2.45) is 0 Å². The molecular formula is C17H17BrN2O2. The van der Waals surface area contributed by atoms with Gasteiger partial charge in [0.05, 0.1) is 25.3 Å². The lowest BCUT2D eigenvalue weighted by Crippen LogP contribution is -2.31. The van der Waals surface area contributed by atoms with E-state index in [0.717, 1.165) is 15.8 Å². The molecule has 1 amide bonds. The Morgan fingerprint density at radius 2 is 2.18 bits per heavy atom. The van der Waals surface area contributed by atoms with Crippen LogP contribution in [-0.4, -0.2) is 17.4 Å². The number of aryl methyl sites for hydroxylation is 1. The van der Waals surface area contributed by atoms with E-state index in [1.165, 1.54) is 0 Å². The Morgan fingerprint density at radius 3 is 2.86 bits per heavy atom. The van der Waals surface area contributed by atoms with E-state index >= 15 is 0 Å². The quantitative estimate of drug-likeness (QED) is 0.751. The average Bonchev–Trinajstić information content (AvgIpc) is 3.02. The Kier molecular flexibility index (Phi) is 6.23. The number of amides is 1. The van der Waals surface area contributed by atoms with Gasteiger partial charge < -0.3 is 9.32 Å². The van der Waals surface area contributed by atoms with Gasteiger partial charge in [-0.15, -0.1) is 0 Å². The number of rotatable bonds is 7. The molecule has 2 aromatic rings. The summed E-state index contributed by atoms with van der Waals surface area (Å²) < 4.78 is 6.30. The summed E-state index contributed by atoms with van der Waals surface area (Å²) in [6.07, 6.45) is 3.01. The zero-order valence-electron chi connectivity index (χ0n) is 12.2. The van der Waals surface area contributed by atoms with Crippen LogP contribution in [0.5, 0.6) is 0 Å². The van der Waals surface area contributed by atoms with Gasteiger partial charge in [0.25, 0.3) is 0 Å². The minimum absolute atomic E-state index is 0.0339. The minimum Gasteiger partial charge on any atom is -0.467 e. The maximum Gasteiger partial charge on any atom is 0.223 e. The fraction of sp³-hybridized carbons (Fsp3) is 0.294. The van der Waals surface area contributed by atoms with E-state index in [1.807, 2.05) is 30.3 Å². The predicted octanol–water partition coefficient (Wildman–Crippen LogP) is 3.92. The SMILES string of the molecule is N#CCCN(Cc1ccco1)C(=O)CCc1cccc(Br)c1. The van der Waals surface area contributed by atoms with Crippen molar-refractivity contribution < 1.29 is 9.21 Å². The van der Waals surface area contributed by atoms with Crippen molar-refractivity contribution in [3.05, 3.63) is 58.5 Å². The summed E-state index contributed by atoms with van der Waals surface area (Å²) >= 11 is 3.43. The zero-order chi connectivity index (χ0) is 15.8. The van der Waals surface area contributed by atoms with Gasteiger partial charge in [0.1, 0.15) is 5.76 Å². The van der Waals surface area contributed by atoms with Gasteiger partial charge in [-0.3, -0.25) is 4.79 Å². The van der Waals surface area contributed by atoms with Gasteiger partial charge in [0.15, 0.2) is 0 Å². The van der Waals surface area contributed by atoms with Crippen molar-refractivity contribution in [3.8, 4) is 6.07 Å². The molecule has 5 heteroatoms. The Labute approximate surface area is 138 Å². The average molecular weight is 361 g/mol. The van der Waals surface area contributed by atoms with Crippen LogP contribution in [0.2, 0.25) is 0 Å². The number of furan rings is 1. The Morgan fingerprint density at radius 1 is 1.32 bits per heavy atom. The number of carbonyl (C=O) groups is 1. The van der Waals surface area contributed by atoms with Crippen molar-refractivity contribution in [1.82, 2.24) is 4.90 Å². The first-order chi connectivity index (χ1) is 10.7. The number of hydrogen-bond donors (Lipinski definition) is 0. The summed E-state index contributed by atoms with van der Waals surface area (Å²) in [4.78, 5) is 14.1. The van der Waals surface area contributed by atoms with Crippen LogP contribution in [0.25, 0.3) is 0 Å². The van der Waals surface area contributed by atoms with Crippen LogP contribution in [0.3, 0.4) is 0 Å². The monoisotopic (exact) mass is 360 g/mol. The Bertz CT molecular complexity index is 647. The van der Waals surface area contributed by atoms with Gasteiger partial charge in [-0.25, -0.2) is 0 Å². The molecule has 0 aliphatic rings. The summed E-state index contributed by atoms with van der Waals surface area (Å²) in [5, 5.41) is 8.74. The highest BCUT2D eigenvalue weighted by molar-refractivity contribution is 9.10. The first-order valence-electron chi connectivity index (χ1n) is 7.10. The molecule has 0 radical (unpaired) electrons. The van der Waals surface area contributed by atoms with E-state index in [-0.39, 0.29) is 5.91 Å². The van der Waals surface area contributed by atoms with Crippen LogP contribution in [0.1, 0.15) is 24.2 Å². The molecule has 0 fully saturated rings. The maximum atomic E-state index is 12.4. The highest BCUT2D eigenvalue weighted by atomic mass is 79.9. The third-order valence-electron chi connectivity index (χ3n) is 3.29. The number of nitriles is 1. The predicted molar refractivity (Wildman–Crippen MR) is 86.8 cm³/mol. The van der Waals surface area contributed by atoms with Crippen molar-refractivity contribution in [3.63, 3.8) is 0 Å². The van der Waals surface area contributed by atoms with Crippen LogP contribution in [-0.2, 0) is 17.8 Å². The van der Waals surface area contributed by atoms with E-state index in [0.29, 0.717) is 32.4 Å². The number of halogens is 1. The highest BCUT2D eigenvalue weighted by Gasteiger charge is 2.15. The lowest BCUT2D eigenvalue weighted by atomic mass is 10.1. The molecule has 0 N–H and O–H groups in total. The summed E-state index contributed by atoms with van der Waals surface area (Å²) in [6, 6.07) is 13.6. The lowest BCUT2D eigenvalue weighted by molar-refractivity contribution is -0.132. The van der Waals surface area contributed by atoms with E-state index in [9.17, 15) is 4.79 Å². The van der Waals surface area contributed by atoms with Crippen molar-refractivity contribution >= 4 is 21.8 Å². The molecule has 1 aromatic carbocycles. The van der Waals surface area contributed by atoms with Crippen LogP contribution in [0, 0.1) is 11.3 Å². The van der Waals surface area contributed by atoms with E-state index < -0.39 is 0 Å². The van der Waals surface area contributed by atoms with Gasteiger partial charge >= 0.3 is 0 Å². The molecule has 0 aliphatic carbocycles. The summed E-state index contributed by atoms with van der Waals surface area (Å²) in [5.41, 5.74) is 1.11. The first-order valence-corrected chi connectivity index (χ1v) is 7.90. The largest absolute Gasteiger partial charge is 0.467 e. The summed E-state index contributed by atoms with van der Waals surface area (Å²) in [6.45, 7) is 0.834. The summed E-state index contributed by atoms with van der Waals surface area (Å²) in [7, 11) is 0. The number of carbonyl (C=O) groups excluding carboxylic acids is 1. The molecular weight excluding hydrogens is 344 g/mol. The molecule has 0 saturated carbocycles. The smallest absolute Gasteiger partial charge is 0.223 e. The molecule has 22 heavy (non-hydrogen) atoms. The van der Waals surface area contributed by atoms with Gasteiger partial charge in [0, 0.05) is 17.4 Å². The van der Waals surface area contributed by atoms with Gasteiger partial charge in [0.2, 0.25) is 5.91 Å². The summed E-state index contributed by atoms with van der Waals surface area (Å²) in [5.74, 6) is 0.764.